The average Bonchev–Trinajstić information content (AvgIpc) is 3.37. The molecule has 0 aromatic heterocycles. The van der Waals surface area contributed by atoms with Crippen LogP contribution in [0.15, 0.2) is 30.4 Å². The Morgan fingerprint density at radius 1 is 1.23 bits per heavy atom. The first-order valence-corrected chi connectivity index (χ1v) is 9.75. The van der Waals surface area contributed by atoms with Crippen molar-refractivity contribution in [1.29, 1.82) is 0 Å². The Morgan fingerprint density at radius 3 is 2.88 bits per heavy atom. The van der Waals surface area contributed by atoms with Gasteiger partial charge in [0, 0.05) is 23.7 Å². The molecule has 0 N–H and O–H groups in total. The zero-order valence-electron chi connectivity index (χ0n) is 14.2. The molecule has 5 nitrogen and oxygen atoms in total. The van der Waals surface area contributed by atoms with Crippen molar-refractivity contribution < 1.29 is 14.3 Å². The largest absolute Gasteiger partial charge is 0.361 e. The van der Waals surface area contributed by atoms with Crippen molar-refractivity contribution in [2.24, 2.45) is 5.92 Å². The summed E-state index contributed by atoms with van der Waals surface area (Å²) < 4.78 is 6.30. The van der Waals surface area contributed by atoms with Crippen LogP contribution in [0.4, 0.5) is 5.69 Å². The van der Waals surface area contributed by atoms with Crippen molar-refractivity contribution in [2.75, 3.05) is 11.4 Å². The van der Waals surface area contributed by atoms with Crippen molar-refractivity contribution in [3.05, 3.63) is 40.9 Å². The van der Waals surface area contributed by atoms with Gasteiger partial charge in [-0.25, -0.2) is 0 Å². The predicted octanol–water partition coefficient (Wildman–Crippen LogP) is 2.84. The molecule has 5 heterocycles. The lowest BCUT2D eigenvalue weighted by Crippen LogP contribution is -2.50. The Hall–Kier alpha value is -1.85. The van der Waals surface area contributed by atoms with Gasteiger partial charge in [-0.15, -0.1) is 0 Å². The maximum atomic E-state index is 13.2. The number of rotatable bonds is 1. The molecule has 0 radical (unpaired) electrons. The predicted molar refractivity (Wildman–Crippen MR) is 95.9 cm³/mol. The molecule has 6 heteroatoms. The lowest BCUT2D eigenvalue weighted by molar-refractivity contribution is -0.130. The number of hydrogen-bond acceptors (Lipinski definition) is 3. The fourth-order valence-corrected chi connectivity index (χ4v) is 5.98. The minimum absolute atomic E-state index is 0.0440. The summed E-state index contributed by atoms with van der Waals surface area (Å²) in [6.07, 6.45) is 7.23. The molecule has 6 rings (SSSR count). The molecule has 134 valence electrons. The van der Waals surface area contributed by atoms with E-state index in [1.165, 1.54) is 0 Å². The zero-order chi connectivity index (χ0) is 17.6. The summed E-state index contributed by atoms with van der Waals surface area (Å²) in [6, 6.07) is 5.59. The highest BCUT2D eigenvalue weighted by Crippen LogP contribution is 2.58. The van der Waals surface area contributed by atoms with Gasteiger partial charge < -0.3 is 14.5 Å². The second kappa shape index (κ2) is 4.90. The second-order valence-electron chi connectivity index (χ2n) is 8.03. The van der Waals surface area contributed by atoms with Crippen LogP contribution >= 0.6 is 11.6 Å². The summed E-state index contributed by atoms with van der Waals surface area (Å²) in [4.78, 5) is 29.6. The Labute approximate surface area is 156 Å². The van der Waals surface area contributed by atoms with Crippen LogP contribution < -0.4 is 4.90 Å². The van der Waals surface area contributed by atoms with Gasteiger partial charge >= 0.3 is 0 Å². The number of likely N-dealkylation sites (tertiary alicyclic amines) is 1. The van der Waals surface area contributed by atoms with Crippen molar-refractivity contribution in [1.82, 2.24) is 4.90 Å². The summed E-state index contributed by atoms with van der Waals surface area (Å²) in [7, 11) is 0. The number of carbonyl (C=O) groups excluding carboxylic acids is 2. The Balaban J connectivity index is 1.52. The maximum Gasteiger partial charge on any atom is 0.233 e. The summed E-state index contributed by atoms with van der Waals surface area (Å²) >= 11 is 6.28. The number of benzene rings is 1. The number of anilines is 1. The quantitative estimate of drug-likeness (QED) is 0.714. The summed E-state index contributed by atoms with van der Waals surface area (Å²) in [6.45, 7) is 0.770. The molecular weight excluding hydrogens is 352 g/mol. The van der Waals surface area contributed by atoms with E-state index in [4.69, 9.17) is 16.3 Å². The molecule has 0 aliphatic carbocycles. The number of fused-ring (bicyclic) bond motifs is 4. The summed E-state index contributed by atoms with van der Waals surface area (Å²) in [5.41, 5.74) is 1.36. The molecule has 2 bridgehead atoms. The van der Waals surface area contributed by atoms with Crippen LogP contribution in [0.1, 0.15) is 37.3 Å². The van der Waals surface area contributed by atoms with E-state index in [0.29, 0.717) is 17.9 Å². The summed E-state index contributed by atoms with van der Waals surface area (Å²) in [5, 5.41) is 0.640. The van der Waals surface area contributed by atoms with Gasteiger partial charge in [-0.1, -0.05) is 23.8 Å². The monoisotopic (exact) mass is 370 g/mol. The van der Waals surface area contributed by atoms with Crippen LogP contribution in [0.3, 0.4) is 0 Å². The molecule has 0 unspecified atom stereocenters. The van der Waals surface area contributed by atoms with Crippen LogP contribution in [0.2, 0.25) is 5.02 Å². The van der Waals surface area contributed by atoms with Gasteiger partial charge in [-0.3, -0.25) is 9.59 Å². The molecule has 5 aliphatic heterocycles. The van der Waals surface area contributed by atoms with Gasteiger partial charge in [-0.05, 0) is 43.0 Å². The lowest BCUT2D eigenvalue weighted by atomic mass is 9.78. The molecule has 1 spiro atoms. The molecule has 5 atom stereocenters. The molecular formula is C20H19ClN2O3. The van der Waals surface area contributed by atoms with Crippen LogP contribution in [-0.2, 0) is 14.3 Å². The highest BCUT2D eigenvalue weighted by molar-refractivity contribution is 6.30. The van der Waals surface area contributed by atoms with E-state index in [2.05, 4.69) is 12.2 Å². The van der Waals surface area contributed by atoms with Gasteiger partial charge in [-0.2, -0.15) is 0 Å². The third kappa shape index (κ3) is 1.71. The fraction of sp³-hybridized carbons (Fsp3) is 0.500. The Kier molecular flexibility index (Phi) is 2.87. The van der Waals surface area contributed by atoms with Gasteiger partial charge in [0.25, 0.3) is 0 Å². The van der Waals surface area contributed by atoms with Crippen molar-refractivity contribution in [3.8, 4) is 0 Å². The van der Waals surface area contributed by atoms with Crippen molar-refractivity contribution in [3.63, 3.8) is 0 Å². The molecule has 0 saturated carbocycles. The normalized spacial score (nSPS) is 39.6. The number of hydrogen-bond donors (Lipinski definition) is 0. The molecule has 3 saturated heterocycles. The van der Waals surface area contributed by atoms with Crippen LogP contribution in [0.5, 0.6) is 0 Å². The number of nitrogens with zero attached hydrogens (tertiary/aromatic N) is 2. The number of ether oxygens (including phenoxy) is 1. The van der Waals surface area contributed by atoms with Crippen molar-refractivity contribution >= 4 is 29.1 Å². The van der Waals surface area contributed by atoms with Crippen LogP contribution in [0.25, 0.3) is 0 Å². The maximum absolute atomic E-state index is 13.2. The van der Waals surface area contributed by atoms with E-state index in [1.54, 1.807) is 0 Å². The van der Waals surface area contributed by atoms with Gasteiger partial charge in [0.05, 0.1) is 24.1 Å². The second-order valence-corrected chi connectivity index (χ2v) is 8.46. The highest BCUT2D eigenvalue weighted by Gasteiger charge is 2.67. The number of carbonyl (C=O) groups is 2. The molecule has 2 amide bonds. The Morgan fingerprint density at radius 2 is 2.12 bits per heavy atom. The smallest absolute Gasteiger partial charge is 0.233 e. The first-order chi connectivity index (χ1) is 12.6. The Bertz CT molecular complexity index is 884. The SMILES string of the molecule is O=C1CCCN1[C@H]1C[C@@H]2N(C(=O)[C@@H]3C[C@H]4C=C[C@@]23O4)c2ccc(Cl)cc21. The third-order valence-corrected chi connectivity index (χ3v) is 7.08. The van der Waals surface area contributed by atoms with E-state index >= 15 is 0 Å². The zero-order valence-corrected chi connectivity index (χ0v) is 15.0. The molecule has 1 aromatic rings. The van der Waals surface area contributed by atoms with E-state index in [1.807, 2.05) is 28.0 Å². The minimum Gasteiger partial charge on any atom is -0.361 e. The third-order valence-electron chi connectivity index (χ3n) is 6.85. The van der Waals surface area contributed by atoms with E-state index in [9.17, 15) is 9.59 Å². The lowest BCUT2D eigenvalue weighted by Gasteiger charge is -2.44. The summed E-state index contributed by atoms with van der Waals surface area (Å²) in [5.74, 6) is 0.232. The van der Waals surface area contributed by atoms with E-state index in [-0.39, 0.29) is 35.9 Å². The minimum atomic E-state index is -0.528. The highest BCUT2D eigenvalue weighted by atomic mass is 35.5. The number of halogens is 1. The molecule has 5 aliphatic rings. The van der Waals surface area contributed by atoms with Crippen LogP contribution in [0, 0.1) is 5.92 Å². The van der Waals surface area contributed by atoms with Crippen LogP contribution in [-0.4, -0.2) is 41.0 Å². The average molecular weight is 371 g/mol. The molecule has 26 heavy (non-hydrogen) atoms. The van der Waals surface area contributed by atoms with E-state index in [0.717, 1.165) is 30.6 Å². The molecule has 3 fully saturated rings. The molecule has 1 aromatic carbocycles. The fourth-order valence-electron chi connectivity index (χ4n) is 5.80. The van der Waals surface area contributed by atoms with E-state index < -0.39 is 5.60 Å². The van der Waals surface area contributed by atoms with Crippen molar-refractivity contribution in [2.45, 2.75) is 49.5 Å². The number of amides is 2. The first-order valence-electron chi connectivity index (χ1n) is 9.38. The van der Waals surface area contributed by atoms with Gasteiger partial charge in [0.2, 0.25) is 11.8 Å². The standard InChI is InChI=1S/C20H19ClN2O3/c21-11-3-4-15-13(8-11)16(22-7-1-2-18(22)24)10-17-20-6-5-12(26-20)9-14(20)19(25)23(15)17/h3-6,8,12,14,16-17H,1-2,7,9-10H2/t12-,14+,16+,17+,20+/m1/s1. The topological polar surface area (TPSA) is 49.9 Å². The van der Waals surface area contributed by atoms with Gasteiger partial charge in [0.15, 0.2) is 0 Å². The first kappa shape index (κ1) is 15.2. The van der Waals surface area contributed by atoms with Gasteiger partial charge in [0.1, 0.15) is 5.60 Å².